The molecule has 0 amide bonds. The molecule has 0 bridgehead atoms. The van der Waals surface area contributed by atoms with E-state index < -0.39 is 21.5 Å². The Bertz CT molecular complexity index is 380. The van der Waals surface area contributed by atoms with E-state index in [1.54, 1.807) is 0 Å². The van der Waals surface area contributed by atoms with Crippen molar-refractivity contribution in [1.29, 1.82) is 0 Å². The highest BCUT2D eigenvalue weighted by Gasteiger charge is 2.18. The maximum Gasteiger partial charge on any atom is 0.307 e. The first kappa shape index (κ1) is 9.60. The normalized spacial score (nSPS) is 9.69. The summed E-state index contributed by atoms with van der Waals surface area (Å²) in [6.45, 7) is 0. The van der Waals surface area contributed by atoms with Gasteiger partial charge in [0.1, 0.15) is 6.29 Å². The lowest BCUT2D eigenvalue weighted by molar-refractivity contribution is -0.387. The molecule has 1 aromatic rings. The van der Waals surface area contributed by atoms with Crippen LogP contribution in [0.15, 0.2) is 12.1 Å². The van der Waals surface area contributed by atoms with Gasteiger partial charge in [0.2, 0.25) is 5.82 Å². The lowest BCUT2D eigenvalue weighted by Gasteiger charge is -1.97. The van der Waals surface area contributed by atoms with Gasteiger partial charge in [-0.1, -0.05) is 11.6 Å². The highest BCUT2D eigenvalue weighted by Crippen LogP contribution is 2.25. The maximum absolute atomic E-state index is 12.9. The number of rotatable bonds is 2. The summed E-state index contributed by atoms with van der Waals surface area (Å²) in [7, 11) is 0. The number of carbonyl (C=O) groups is 1. The molecule has 0 aliphatic heterocycles. The van der Waals surface area contributed by atoms with E-state index in [1.807, 2.05) is 0 Å². The molecule has 0 saturated carbocycles. The smallest absolute Gasteiger partial charge is 0.298 e. The lowest BCUT2D eigenvalue weighted by Crippen LogP contribution is -1.95. The van der Waals surface area contributed by atoms with E-state index >= 15 is 0 Å². The Balaban J connectivity index is 3.41. The van der Waals surface area contributed by atoms with Gasteiger partial charge in [-0.2, -0.15) is 4.39 Å². The topological polar surface area (TPSA) is 60.2 Å². The van der Waals surface area contributed by atoms with Crippen molar-refractivity contribution in [3.8, 4) is 0 Å². The summed E-state index contributed by atoms with van der Waals surface area (Å²) in [6.07, 6.45) is 0.359. The van der Waals surface area contributed by atoms with Crippen molar-refractivity contribution in [3.05, 3.63) is 38.7 Å². The summed E-state index contributed by atoms with van der Waals surface area (Å²) in [5.41, 5.74) is -0.826. The Morgan fingerprint density at radius 2 is 2.15 bits per heavy atom. The van der Waals surface area contributed by atoms with Crippen LogP contribution in [0.25, 0.3) is 0 Å². The second-order valence-electron chi connectivity index (χ2n) is 2.21. The summed E-state index contributed by atoms with van der Waals surface area (Å²) in [5.74, 6) is -1.13. The standard InChI is InChI=1S/C7H3ClFNO3/c8-5-1-4(3-11)2-6(7(5)9)10(12)13/h1-3H. The summed E-state index contributed by atoms with van der Waals surface area (Å²) in [6, 6.07) is 1.85. The van der Waals surface area contributed by atoms with Gasteiger partial charge in [-0.25, -0.2) is 0 Å². The van der Waals surface area contributed by atoms with E-state index in [1.165, 1.54) is 0 Å². The molecular weight excluding hydrogens is 201 g/mol. The first-order chi connectivity index (χ1) is 6.06. The minimum atomic E-state index is -1.13. The molecule has 1 rings (SSSR count). The van der Waals surface area contributed by atoms with Gasteiger partial charge in [0.15, 0.2) is 0 Å². The van der Waals surface area contributed by atoms with Gasteiger partial charge >= 0.3 is 5.69 Å². The molecule has 1 aromatic carbocycles. The van der Waals surface area contributed by atoms with Crippen LogP contribution in [-0.2, 0) is 0 Å². The number of hydrogen-bond donors (Lipinski definition) is 0. The molecule has 0 aliphatic carbocycles. The molecule has 68 valence electrons. The molecule has 13 heavy (non-hydrogen) atoms. The van der Waals surface area contributed by atoms with Crippen LogP contribution in [0.4, 0.5) is 10.1 Å². The Labute approximate surface area is 77.1 Å². The SMILES string of the molecule is O=Cc1cc(Cl)c(F)c([N+](=O)[O-])c1. The van der Waals surface area contributed by atoms with Gasteiger partial charge < -0.3 is 0 Å². The first-order valence-electron chi connectivity index (χ1n) is 3.15. The van der Waals surface area contributed by atoms with E-state index in [4.69, 9.17) is 11.6 Å². The molecule has 0 radical (unpaired) electrons. The molecular formula is C7H3ClFNO3. The number of nitrogens with zero attached hydrogens (tertiary/aromatic N) is 1. The third kappa shape index (κ3) is 1.81. The van der Waals surface area contributed by atoms with Gasteiger partial charge in [0.25, 0.3) is 0 Å². The number of nitro groups is 1. The number of aldehydes is 1. The van der Waals surface area contributed by atoms with Crippen LogP contribution in [0.5, 0.6) is 0 Å². The van der Waals surface area contributed by atoms with Gasteiger partial charge in [-0.3, -0.25) is 14.9 Å². The van der Waals surface area contributed by atoms with E-state index in [2.05, 4.69) is 0 Å². The number of halogens is 2. The summed E-state index contributed by atoms with van der Waals surface area (Å²) >= 11 is 5.30. The van der Waals surface area contributed by atoms with Crippen molar-refractivity contribution in [2.24, 2.45) is 0 Å². The van der Waals surface area contributed by atoms with Gasteiger partial charge in [-0.15, -0.1) is 0 Å². The highest BCUT2D eigenvalue weighted by molar-refractivity contribution is 6.31. The molecule has 0 heterocycles. The molecule has 0 spiro atoms. The van der Waals surface area contributed by atoms with E-state index in [9.17, 15) is 19.3 Å². The monoisotopic (exact) mass is 203 g/mol. The molecule has 0 unspecified atom stereocenters. The Morgan fingerprint density at radius 1 is 1.54 bits per heavy atom. The summed E-state index contributed by atoms with van der Waals surface area (Å²) in [4.78, 5) is 19.5. The molecule has 0 fully saturated rings. The second kappa shape index (κ2) is 3.49. The fourth-order valence-corrected chi connectivity index (χ4v) is 1.02. The van der Waals surface area contributed by atoms with Crippen LogP contribution in [0, 0.1) is 15.9 Å². The Kier molecular flexibility index (Phi) is 2.57. The van der Waals surface area contributed by atoms with Crippen LogP contribution in [-0.4, -0.2) is 11.2 Å². The number of carbonyl (C=O) groups excluding carboxylic acids is 1. The van der Waals surface area contributed by atoms with Crippen LogP contribution < -0.4 is 0 Å². The summed E-state index contributed by atoms with van der Waals surface area (Å²) in [5, 5.41) is 9.80. The predicted molar refractivity (Wildman–Crippen MR) is 43.5 cm³/mol. The zero-order valence-electron chi connectivity index (χ0n) is 6.16. The molecule has 0 aliphatic rings. The predicted octanol–water partition coefficient (Wildman–Crippen LogP) is 2.20. The van der Waals surface area contributed by atoms with Gasteiger partial charge in [0, 0.05) is 11.6 Å². The Morgan fingerprint density at radius 3 is 2.62 bits per heavy atom. The number of benzene rings is 1. The fourth-order valence-electron chi connectivity index (χ4n) is 0.796. The molecule has 4 nitrogen and oxygen atoms in total. The van der Waals surface area contributed by atoms with Crippen LogP contribution >= 0.6 is 11.6 Å². The molecule has 0 atom stereocenters. The molecule has 0 N–H and O–H groups in total. The van der Waals surface area contributed by atoms with Crippen molar-refractivity contribution in [2.75, 3.05) is 0 Å². The number of hydrogen-bond acceptors (Lipinski definition) is 3. The van der Waals surface area contributed by atoms with Gasteiger partial charge in [-0.05, 0) is 6.07 Å². The molecule has 0 saturated heterocycles. The highest BCUT2D eigenvalue weighted by atomic mass is 35.5. The van der Waals surface area contributed by atoms with Gasteiger partial charge in [0.05, 0.1) is 9.95 Å². The zero-order valence-corrected chi connectivity index (χ0v) is 6.92. The summed E-state index contributed by atoms with van der Waals surface area (Å²) < 4.78 is 12.9. The van der Waals surface area contributed by atoms with E-state index in [0.717, 1.165) is 12.1 Å². The second-order valence-corrected chi connectivity index (χ2v) is 2.62. The zero-order chi connectivity index (χ0) is 10.0. The minimum absolute atomic E-state index is 0.0295. The Hall–Kier alpha value is -1.49. The maximum atomic E-state index is 12.9. The van der Waals surface area contributed by atoms with Crippen LogP contribution in [0.1, 0.15) is 10.4 Å². The quantitative estimate of drug-likeness (QED) is 0.421. The first-order valence-corrected chi connectivity index (χ1v) is 3.52. The van der Waals surface area contributed by atoms with Crippen LogP contribution in [0.3, 0.4) is 0 Å². The van der Waals surface area contributed by atoms with E-state index in [0.29, 0.717) is 6.29 Å². The molecule has 6 heteroatoms. The van der Waals surface area contributed by atoms with Crippen molar-refractivity contribution in [3.63, 3.8) is 0 Å². The third-order valence-electron chi connectivity index (χ3n) is 1.36. The van der Waals surface area contributed by atoms with Crippen molar-refractivity contribution < 1.29 is 14.1 Å². The minimum Gasteiger partial charge on any atom is -0.298 e. The average molecular weight is 204 g/mol. The number of nitro benzene ring substituents is 1. The van der Waals surface area contributed by atoms with Crippen LogP contribution in [0.2, 0.25) is 5.02 Å². The third-order valence-corrected chi connectivity index (χ3v) is 1.64. The van der Waals surface area contributed by atoms with Crippen molar-refractivity contribution in [1.82, 2.24) is 0 Å². The average Bonchev–Trinajstić information content (AvgIpc) is 2.09. The fraction of sp³-hybridized carbons (Fsp3) is 0. The van der Waals surface area contributed by atoms with E-state index in [-0.39, 0.29) is 5.56 Å². The lowest BCUT2D eigenvalue weighted by atomic mass is 10.2. The van der Waals surface area contributed by atoms with Crippen molar-refractivity contribution in [2.45, 2.75) is 0 Å². The largest absolute Gasteiger partial charge is 0.307 e. The molecule has 0 aromatic heterocycles. The van der Waals surface area contributed by atoms with Crippen molar-refractivity contribution >= 4 is 23.6 Å².